The zero-order valence-corrected chi connectivity index (χ0v) is 22.5. The Morgan fingerprint density at radius 2 is 0.900 bits per heavy atom. The normalized spacial score (nSPS) is 22.7. The number of rotatable bonds is 13. The molecule has 40 heavy (non-hydrogen) atoms. The van der Waals surface area contributed by atoms with Gasteiger partial charge in [-0.15, -0.1) is 0 Å². The molecule has 6 nitrogen and oxygen atoms in total. The molecule has 0 spiro atoms. The van der Waals surface area contributed by atoms with Crippen LogP contribution in [0.1, 0.15) is 22.3 Å². The van der Waals surface area contributed by atoms with Crippen molar-refractivity contribution >= 4 is 0 Å². The van der Waals surface area contributed by atoms with Crippen molar-refractivity contribution < 1.29 is 28.8 Å². The van der Waals surface area contributed by atoms with Gasteiger partial charge in [-0.05, 0) is 22.3 Å². The summed E-state index contributed by atoms with van der Waals surface area (Å²) in [4.78, 5) is 0. The van der Waals surface area contributed by atoms with Crippen molar-refractivity contribution in [2.75, 3.05) is 6.61 Å². The number of aliphatic hydroxyl groups excluding tert-OH is 1. The van der Waals surface area contributed by atoms with Gasteiger partial charge in [0.25, 0.3) is 0 Å². The van der Waals surface area contributed by atoms with Crippen LogP contribution in [-0.2, 0) is 50.1 Å². The van der Waals surface area contributed by atoms with Gasteiger partial charge < -0.3 is 28.8 Å². The second-order valence-electron chi connectivity index (χ2n) is 9.85. The van der Waals surface area contributed by atoms with Gasteiger partial charge in [0, 0.05) is 0 Å². The Morgan fingerprint density at radius 3 is 1.38 bits per heavy atom. The smallest absolute Gasteiger partial charge is 0.187 e. The van der Waals surface area contributed by atoms with Gasteiger partial charge in [-0.1, -0.05) is 121 Å². The summed E-state index contributed by atoms with van der Waals surface area (Å²) in [5.41, 5.74) is 4.07. The van der Waals surface area contributed by atoms with Gasteiger partial charge in [0.1, 0.15) is 24.4 Å². The second-order valence-corrected chi connectivity index (χ2v) is 9.85. The number of ether oxygens (including phenoxy) is 5. The highest BCUT2D eigenvalue weighted by Gasteiger charge is 2.47. The summed E-state index contributed by atoms with van der Waals surface area (Å²) >= 11 is 0. The molecule has 0 radical (unpaired) electrons. The molecule has 1 aliphatic heterocycles. The molecule has 0 unspecified atom stereocenters. The minimum Gasteiger partial charge on any atom is -0.387 e. The largest absolute Gasteiger partial charge is 0.387 e. The van der Waals surface area contributed by atoms with Gasteiger partial charge in [-0.25, -0.2) is 0 Å². The average Bonchev–Trinajstić information content (AvgIpc) is 3.01. The predicted molar refractivity (Wildman–Crippen MR) is 152 cm³/mol. The molecular formula is C34H36O6. The van der Waals surface area contributed by atoms with Gasteiger partial charge in [0.05, 0.1) is 33.0 Å². The molecule has 5 atom stereocenters. The molecule has 1 aliphatic rings. The zero-order valence-electron chi connectivity index (χ0n) is 22.5. The van der Waals surface area contributed by atoms with E-state index in [0.29, 0.717) is 26.4 Å². The summed E-state index contributed by atoms with van der Waals surface area (Å²) in [6.45, 7) is 1.56. The maximum absolute atomic E-state index is 11.5. The second kappa shape index (κ2) is 14.9. The minimum atomic E-state index is -0.989. The maximum atomic E-state index is 11.5. The third-order valence-corrected chi connectivity index (χ3v) is 6.84. The Bertz CT molecular complexity index is 1240. The van der Waals surface area contributed by atoms with E-state index < -0.39 is 30.7 Å². The Kier molecular flexibility index (Phi) is 10.5. The molecule has 208 valence electrons. The van der Waals surface area contributed by atoms with E-state index in [1.807, 2.05) is 121 Å². The Labute approximate surface area is 236 Å². The molecule has 1 N–H and O–H groups in total. The Morgan fingerprint density at radius 1 is 0.500 bits per heavy atom. The lowest BCUT2D eigenvalue weighted by atomic mass is 9.98. The SMILES string of the molecule is O[C@@H]1[C@H](OCc2ccccc2)[C@@H](OCc2ccccc2)[C@H](OCc2ccccc2)O[C@@H]1COCc1ccccc1. The average molecular weight is 541 g/mol. The highest BCUT2D eigenvalue weighted by atomic mass is 16.7. The van der Waals surface area contributed by atoms with E-state index in [1.54, 1.807) is 0 Å². The predicted octanol–water partition coefficient (Wildman–Crippen LogP) is 5.68. The van der Waals surface area contributed by atoms with Crippen molar-refractivity contribution in [3.05, 3.63) is 144 Å². The first kappa shape index (κ1) is 28.2. The van der Waals surface area contributed by atoms with Crippen LogP contribution in [0.15, 0.2) is 121 Å². The standard InChI is InChI=1S/C34H36O6/c35-31-30(25-36-21-26-13-5-1-6-14-26)40-34(39-24-29-19-11-4-12-20-29)33(38-23-28-17-9-3-10-18-28)32(31)37-22-27-15-7-2-8-16-27/h1-20,30-35H,21-25H2/t30-,31+,32+,33-,34-/m1/s1. The van der Waals surface area contributed by atoms with Crippen molar-refractivity contribution in [1.29, 1.82) is 0 Å². The lowest BCUT2D eigenvalue weighted by Gasteiger charge is -2.44. The molecule has 0 amide bonds. The Hall–Kier alpha value is -3.36. The van der Waals surface area contributed by atoms with Crippen molar-refractivity contribution in [3.63, 3.8) is 0 Å². The molecule has 1 heterocycles. The van der Waals surface area contributed by atoms with E-state index in [0.717, 1.165) is 22.3 Å². The molecule has 4 aromatic carbocycles. The van der Waals surface area contributed by atoms with Crippen LogP contribution in [-0.4, -0.2) is 42.4 Å². The molecule has 0 aromatic heterocycles. The van der Waals surface area contributed by atoms with E-state index in [2.05, 4.69) is 0 Å². The van der Waals surface area contributed by atoms with Crippen LogP contribution >= 0.6 is 0 Å². The first-order valence-electron chi connectivity index (χ1n) is 13.7. The maximum Gasteiger partial charge on any atom is 0.187 e. The fourth-order valence-corrected chi connectivity index (χ4v) is 4.68. The molecular weight excluding hydrogens is 504 g/mol. The molecule has 1 saturated heterocycles. The molecule has 6 heteroatoms. The van der Waals surface area contributed by atoms with Gasteiger partial charge in [0.2, 0.25) is 0 Å². The number of benzene rings is 4. The highest BCUT2D eigenvalue weighted by Crippen LogP contribution is 2.29. The van der Waals surface area contributed by atoms with Crippen LogP contribution in [0.4, 0.5) is 0 Å². The molecule has 0 bridgehead atoms. The van der Waals surface area contributed by atoms with Crippen LogP contribution in [0.5, 0.6) is 0 Å². The minimum absolute atomic E-state index is 0.178. The first-order valence-corrected chi connectivity index (χ1v) is 13.7. The number of aliphatic hydroxyl groups is 1. The molecule has 0 saturated carbocycles. The summed E-state index contributed by atoms with van der Waals surface area (Å²) in [6, 6.07) is 39.6. The summed E-state index contributed by atoms with van der Waals surface area (Å²) in [6.07, 6.45) is -3.81. The van der Waals surface area contributed by atoms with Gasteiger partial charge in [-0.2, -0.15) is 0 Å². The summed E-state index contributed by atoms with van der Waals surface area (Å²) in [5.74, 6) is 0. The van der Waals surface area contributed by atoms with E-state index >= 15 is 0 Å². The van der Waals surface area contributed by atoms with Crippen molar-refractivity contribution in [1.82, 2.24) is 0 Å². The summed E-state index contributed by atoms with van der Waals surface area (Å²) < 4.78 is 31.4. The van der Waals surface area contributed by atoms with Crippen molar-refractivity contribution in [3.8, 4) is 0 Å². The van der Waals surface area contributed by atoms with Crippen LogP contribution < -0.4 is 0 Å². The lowest BCUT2D eigenvalue weighted by Crippen LogP contribution is -2.61. The molecule has 1 fully saturated rings. The zero-order chi connectivity index (χ0) is 27.4. The summed E-state index contributed by atoms with van der Waals surface area (Å²) in [7, 11) is 0. The summed E-state index contributed by atoms with van der Waals surface area (Å²) in [5, 5.41) is 11.5. The third kappa shape index (κ3) is 8.08. The van der Waals surface area contributed by atoms with Crippen LogP contribution in [0.3, 0.4) is 0 Å². The van der Waals surface area contributed by atoms with Crippen molar-refractivity contribution in [2.24, 2.45) is 0 Å². The molecule has 4 aromatic rings. The van der Waals surface area contributed by atoms with E-state index in [9.17, 15) is 5.11 Å². The topological polar surface area (TPSA) is 66.4 Å². The van der Waals surface area contributed by atoms with E-state index in [1.165, 1.54) is 0 Å². The van der Waals surface area contributed by atoms with Crippen LogP contribution in [0, 0.1) is 0 Å². The number of hydrogen-bond acceptors (Lipinski definition) is 6. The quantitative estimate of drug-likeness (QED) is 0.236. The van der Waals surface area contributed by atoms with Crippen LogP contribution in [0.2, 0.25) is 0 Å². The van der Waals surface area contributed by atoms with Crippen molar-refractivity contribution in [2.45, 2.75) is 57.1 Å². The fourth-order valence-electron chi connectivity index (χ4n) is 4.68. The lowest BCUT2D eigenvalue weighted by molar-refractivity contribution is -0.324. The van der Waals surface area contributed by atoms with Gasteiger partial charge in [-0.3, -0.25) is 0 Å². The number of hydrogen-bond donors (Lipinski definition) is 1. The first-order chi connectivity index (χ1) is 19.8. The fraction of sp³-hybridized carbons (Fsp3) is 0.294. The van der Waals surface area contributed by atoms with Crippen LogP contribution in [0.25, 0.3) is 0 Å². The van der Waals surface area contributed by atoms with Gasteiger partial charge >= 0.3 is 0 Å². The molecule has 0 aliphatic carbocycles. The van der Waals surface area contributed by atoms with Gasteiger partial charge in [0.15, 0.2) is 6.29 Å². The monoisotopic (exact) mass is 540 g/mol. The molecule has 5 rings (SSSR count). The highest BCUT2D eigenvalue weighted by molar-refractivity contribution is 5.16. The van der Waals surface area contributed by atoms with E-state index in [-0.39, 0.29) is 6.61 Å². The Balaban J connectivity index is 1.34. The third-order valence-electron chi connectivity index (χ3n) is 6.84. The van der Waals surface area contributed by atoms with E-state index in [4.69, 9.17) is 23.7 Å².